The second-order valence-electron chi connectivity index (χ2n) is 5.83. The summed E-state index contributed by atoms with van der Waals surface area (Å²) in [5.41, 5.74) is 0. The molecular formula is C15H29NO3. The van der Waals surface area contributed by atoms with Crippen LogP contribution in [0, 0.1) is 5.92 Å². The number of aliphatic hydroxyl groups is 1. The highest BCUT2D eigenvalue weighted by Crippen LogP contribution is 2.34. The molecule has 19 heavy (non-hydrogen) atoms. The molecule has 4 heteroatoms. The van der Waals surface area contributed by atoms with Crippen molar-refractivity contribution >= 4 is 0 Å². The molecule has 2 rings (SSSR count). The quantitative estimate of drug-likeness (QED) is 0.750. The third-order valence-corrected chi connectivity index (χ3v) is 4.66. The van der Waals surface area contributed by atoms with Gasteiger partial charge in [-0.25, -0.2) is 0 Å². The Morgan fingerprint density at radius 3 is 2.21 bits per heavy atom. The van der Waals surface area contributed by atoms with Gasteiger partial charge in [-0.2, -0.15) is 0 Å². The molecule has 0 spiro atoms. The maximum atomic E-state index is 9.25. The molecule has 112 valence electrons. The molecule has 0 aromatic rings. The summed E-state index contributed by atoms with van der Waals surface area (Å²) >= 11 is 0. The molecule has 1 saturated heterocycles. The van der Waals surface area contributed by atoms with Crippen molar-refractivity contribution in [3.8, 4) is 0 Å². The number of hydrogen-bond donors (Lipinski definition) is 1. The molecule has 4 nitrogen and oxygen atoms in total. The molecular weight excluding hydrogens is 242 g/mol. The summed E-state index contributed by atoms with van der Waals surface area (Å²) < 4.78 is 11.8. The van der Waals surface area contributed by atoms with Gasteiger partial charge < -0.3 is 14.6 Å². The van der Waals surface area contributed by atoms with Crippen LogP contribution in [0.1, 0.15) is 46.0 Å². The summed E-state index contributed by atoms with van der Waals surface area (Å²) in [4.78, 5) is 2.58. The van der Waals surface area contributed by atoms with Gasteiger partial charge in [0.1, 0.15) is 0 Å². The molecule has 0 aromatic heterocycles. The molecule has 1 aliphatic carbocycles. The first-order valence-corrected chi connectivity index (χ1v) is 7.86. The second-order valence-corrected chi connectivity index (χ2v) is 5.83. The van der Waals surface area contributed by atoms with E-state index in [2.05, 4.69) is 4.90 Å². The normalized spacial score (nSPS) is 31.7. The number of piperidine rings is 1. The zero-order chi connectivity index (χ0) is 13.7. The average Bonchev–Trinajstić information content (AvgIpc) is 2.89. The maximum Gasteiger partial charge on any atom is 0.170 e. The Bertz CT molecular complexity index is 256. The van der Waals surface area contributed by atoms with E-state index in [0.29, 0.717) is 18.6 Å². The van der Waals surface area contributed by atoms with E-state index in [-0.39, 0.29) is 5.79 Å². The number of ether oxygens (including phenoxy) is 2. The average molecular weight is 271 g/mol. The van der Waals surface area contributed by atoms with Gasteiger partial charge in [0, 0.05) is 51.8 Å². The van der Waals surface area contributed by atoms with Crippen LogP contribution in [0.4, 0.5) is 0 Å². The zero-order valence-corrected chi connectivity index (χ0v) is 12.4. The Kier molecular flexibility index (Phi) is 5.63. The first kappa shape index (κ1) is 15.2. The number of rotatable bonds is 6. The van der Waals surface area contributed by atoms with Crippen molar-refractivity contribution in [3.63, 3.8) is 0 Å². The summed E-state index contributed by atoms with van der Waals surface area (Å²) in [7, 11) is 0. The molecule has 0 amide bonds. The van der Waals surface area contributed by atoms with Crippen molar-refractivity contribution in [2.45, 2.75) is 57.8 Å². The minimum absolute atomic E-state index is 0.338. The lowest BCUT2D eigenvalue weighted by atomic mass is 10.0. The van der Waals surface area contributed by atoms with E-state index in [1.54, 1.807) is 0 Å². The summed E-state index contributed by atoms with van der Waals surface area (Å²) in [6, 6.07) is 0.665. The lowest BCUT2D eigenvalue weighted by Crippen LogP contribution is -2.50. The largest absolute Gasteiger partial charge is 0.396 e. The van der Waals surface area contributed by atoms with Crippen LogP contribution in [0.2, 0.25) is 0 Å². The van der Waals surface area contributed by atoms with E-state index >= 15 is 0 Å². The van der Waals surface area contributed by atoms with Gasteiger partial charge in [0.05, 0.1) is 0 Å². The summed E-state index contributed by atoms with van der Waals surface area (Å²) in [6.45, 7) is 7.98. The van der Waals surface area contributed by atoms with E-state index < -0.39 is 0 Å². The summed E-state index contributed by atoms with van der Waals surface area (Å²) in [5, 5.41) is 9.25. The predicted molar refractivity (Wildman–Crippen MR) is 75.0 cm³/mol. The van der Waals surface area contributed by atoms with Crippen LogP contribution in [0.15, 0.2) is 0 Å². The van der Waals surface area contributed by atoms with E-state index in [1.807, 2.05) is 13.8 Å². The molecule has 1 aliphatic heterocycles. The molecule has 2 atom stereocenters. The van der Waals surface area contributed by atoms with Gasteiger partial charge in [-0.05, 0) is 39.0 Å². The topological polar surface area (TPSA) is 41.9 Å². The molecule has 0 bridgehead atoms. The van der Waals surface area contributed by atoms with E-state index in [4.69, 9.17) is 9.47 Å². The number of hydrogen-bond acceptors (Lipinski definition) is 4. The fraction of sp³-hybridized carbons (Fsp3) is 1.00. The predicted octanol–water partition coefficient (Wildman–Crippen LogP) is 2.01. The Labute approximate surface area is 117 Å². The lowest BCUT2D eigenvalue weighted by Gasteiger charge is -2.43. The van der Waals surface area contributed by atoms with Crippen LogP contribution in [-0.4, -0.2) is 54.7 Å². The first-order chi connectivity index (χ1) is 9.23. The highest BCUT2D eigenvalue weighted by molar-refractivity contribution is 4.88. The standard InChI is InChI=1S/C15H29NO3/c1-3-18-15(19-4-2)7-9-16(10-8-15)14-6-5-13(11-14)12-17/h13-14,17H,3-12H2,1-2H3/t13?,14-/m1/s1. The fourth-order valence-corrected chi connectivity index (χ4v) is 3.63. The zero-order valence-electron chi connectivity index (χ0n) is 12.4. The maximum absolute atomic E-state index is 9.25. The molecule has 1 heterocycles. The third kappa shape index (κ3) is 3.69. The monoisotopic (exact) mass is 271 g/mol. The minimum Gasteiger partial charge on any atom is -0.396 e. The van der Waals surface area contributed by atoms with Crippen molar-refractivity contribution in [2.75, 3.05) is 32.9 Å². The molecule has 2 fully saturated rings. The molecule has 0 radical (unpaired) electrons. The molecule has 1 unspecified atom stereocenters. The number of aliphatic hydroxyl groups excluding tert-OH is 1. The van der Waals surface area contributed by atoms with E-state index in [1.165, 1.54) is 12.8 Å². The minimum atomic E-state index is -0.338. The Morgan fingerprint density at radius 1 is 1.11 bits per heavy atom. The molecule has 0 aromatic carbocycles. The van der Waals surface area contributed by atoms with Crippen molar-refractivity contribution in [1.29, 1.82) is 0 Å². The van der Waals surface area contributed by atoms with Gasteiger partial charge >= 0.3 is 0 Å². The summed E-state index contributed by atoms with van der Waals surface area (Å²) in [5.74, 6) is 0.185. The Balaban J connectivity index is 1.84. The van der Waals surface area contributed by atoms with Crippen molar-refractivity contribution in [2.24, 2.45) is 5.92 Å². The number of likely N-dealkylation sites (tertiary alicyclic amines) is 1. The van der Waals surface area contributed by atoms with E-state index in [0.717, 1.165) is 45.6 Å². The van der Waals surface area contributed by atoms with Crippen molar-refractivity contribution in [1.82, 2.24) is 4.90 Å². The van der Waals surface area contributed by atoms with Crippen LogP contribution in [0.25, 0.3) is 0 Å². The Hall–Kier alpha value is -0.160. The van der Waals surface area contributed by atoms with Crippen molar-refractivity contribution < 1.29 is 14.6 Å². The molecule has 2 aliphatic rings. The van der Waals surface area contributed by atoms with Crippen LogP contribution in [0.3, 0.4) is 0 Å². The van der Waals surface area contributed by atoms with Gasteiger partial charge in [-0.3, -0.25) is 4.90 Å². The SMILES string of the molecule is CCOC1(OCC)CCN([C@@H]2CCC(CO)C2)CC1. The molecule has 1 N–H and O–H groups in total. The molecule has 1 saturated carbocycles. The van der Waals surface area contributed by atoms with Crippen LogP contribution in [0.5, 0.6) is 0 Å². The summed E-state index contributed by atoms with van der Waals surface area (Å²) in [6.07, 6.45) is 5.51. The fourth-order valence-electron chi connectivity index (χ4n) is 3.63. The van der Waals surface area contributed by atoms with Gasteiger partial charge in [0.25, 0.3) is 0 Å². The van der Waals surface area contributed by atoms with Gasteiger partial charge in [0.2, 0.25) is 0 Å². The number of nitrogens with zero attached hydrogens (tertiary/aromatic N) is 1. The Morgan fingerprint density at radius 2 is 1.74 bits per heavy atom. The van der Waals surface area contributed by atoms with Crippen LogP contribution in [-0.2, 0) is 9.47 Å². The van der Waals surface area contributed by atoms with Crippen molar-refractivity contribution in [3.05, 3.63) is 0 Å². The first-order valence-electron chi connectivity index (χ1n) is 7.86. The third-order valence-electron chi connectivity index (χ3n) is 4.66. The smallest absolute Gasteiger partial charge is 0.170 e. The van der Waals surface area contributed by atoms with Crippen LogP contribution >= 0.6 is 0 Å². The highest BCUT2D eigenvalue weighted by atomic mass is 16.7. The van der Waals surface area contributed by atoms with Gasteiger partial charge in [0.15, 0.2) is 5.79 Å². The highest BCUT2D eigenvalue weighted by Gasteiger charge is 2.39. The van der Waals surface area contributed by atoms with Crippen LogP contribution < -0.4 is 0 Å². The van der Waals surface area contributed by atoms with Gasteiger partial charge in [-0.1, -0.05) is 0 Å². The lowest BCUT2D eigenvalue weighted by molar-refractivity contribution is -0.254. The second kappa shape index (κ2) is 7.02. The van der Waals surface area contributed by atoms with E-state index in [9.17, 15) is 5.11 Å². The van der Waals surface area contributed by atoms with Gasteiger partial charge in [-0.15, -0.1) is 0 Å².